The number of Topliss-reactive ketones (excluding diaryl/α,β-unsaturated/α-hetero) is 1. The molecule has 1 unspecified atom stereocenters. The van der Waals surface area contributed by atoms with Gasteiger partial charge in [-0.1, -0.05) is 38.1 Å². The zero-order valence-corrected chi connectivity index (χ0v) is 13.3. The molecule has 4 nitrogen and oxygen atoms in total. The third-order valence-corrected chi connectivity index (χ3v) is 3.37. The van der Waals surface area contributed by atoms with Gasteiger partial charge >= 0.3 is 0 Å². The number of carbonyl (C=O) groups is 1. The Labute approximate surface area is 126 Å². The van der Waals surface area contributed by atoms with Crippen molar-refractivity contribution in [3.63, 3.8) is 0 Å². The fourth-order valence-corrected chi connectivity index (χ4v) is 2.06. The minimum atomic E-state index is -0.949. The van der Waals surface area contributed by atoms with Crippen LogP contribution in [0.15, 0.2) is 29.8 Å². The van der Waals surface area contributed by atoms with Gasteiger partial charge in [0.15, 0.2) is 5.78 Å². The van der Waals surface area contributed by atoms with Crippen molar-refractivity contribution in [2.75, 3.05) is 0 Å². The van der Waals surface area contributed by atoms with Crippen LogP contribution in [0, 0.1) is 5.92 Å². The highest BCUT2D eigenvalue weighted by molar-refractivity contribution is 6.03. The Morgan fingerprint density at radius 1 is 1.14 bits per heavy atom. The average molecular weight is 291 g/mol. The Bertz CT molecular complexity index is 534. The van der Waals surface area contributed by atoms with E-state index >= 15 is 0 Å². The van der Waals surface area contributed by atoms with E-state index in [1.54, 1.807) is 58.9 Å². The molecule has 4 N–H and O–H groups in total. The van der Waals surface area contributed by atoms with E-state index in [4.69, 9.17) is 5.73 Å². The van der Waals surface area contributed by atoms with E-state index in [1.165, 1.54) is 0 Å². The van der Waals surface area contributed by atoms with Crippen molar-refractivity contribution in [3.05, 3.63) is 41.0 Å². The third kappa shape index (κ3) is 4.16. The molecule has 21 heavy (non-hydrogen) atoms. The van der Waals surface area contributed by atoms with E-state index in [-0.39, 0.29) is 23.0 Å². The molecule has 0 heterocycles. The third-order valence-electron chi connectivity index (χ3n) is 3.37. The number of nitrogens with two attached hydrogens (primary N) is 1. The number of rotatable bonds is 5. The highest BCUT2D eigenvalue weighted by atomic mass is 16.3. The van der Waals surface area contributed by atoms with Gasteiger partial charge in [0.1, 0.15) is 5.76 Å². The predicted molar refractivity (Wildman–Crippen MR) is 84.7 cm³/mol. The van der Waals surface area contributed by atoms with Gasteiger partial charge in [-0.2, -0.15) is 0 Å². The van der Waals surface area contributed by atoms with Crippen LogP contribution < -0.4 is 5.73 Å². The normalized spacial score (nSPS) is 14.9. The first-order chi connectivity index (χ1) is 9.55. The monoisotopic (exact) mass is 291 g/mol. The predicted octanol–water partition coefficient (Wildman–Crippen LogP) is 2.76. The Morgan fingerprint density at radius 3 is 1.95 bits per heavy atom. The molecule has 0 saturated heterocycles. The standard InChI is InChI=1S/C17H25NO3/c1-10(2)15(19)14(11(3)18)16(20)12-6-8-13(9-7-12)17(4,5)21/h6-11,20-21H,18H2,1-5H3/b16-14+. The van der Waals surface area contributed by atoms with Crippen molar-refractivity contribution in [3.8, 4) is 0 Å². The largest absolute Gasteiger partial charge is 0.507 e. The smallest absolute Gasteiger partial charge is 0.166 e. The maximum atomic E-state index is 12.2. The number of ketones is 1. The molecule has 0 radical (unpaired) electrons. The first kappa shape index (κ1) is 17.4. The van der Waals surface area contributed by atoms with Crippen molar-refractivity contribution in [1.29, 1.82) is 0 Å². The molecule has 4 heteroatoms. The molecule has 0 saturated carbocycles. The van der Waals surface area contributed by atoms with E-state index in [0.29, 0.717) is 5.56 Å². The van der Waals surface area contributed by atoms with Crippen LogP contribution in [0.2, 0.25) is 0 Å². The van der Waals surface area contributed by atoms with E-state index < -0.39 is 11.6 Å². The van der Waals surface area contributed by atoms with Crippen molar-refractivity contribution in [2.45, 2.75) is 46.3 Å². The lowest BCUT2D eigenvalue weighted by molar-refractivity contribution is -0.118. The molecule has 1 aromatic carbocycles. The van der Waals surface area contributed by atoms with Crippen LogP contribution in [0.4, 0.5) is 0 Å². The summed E-state index contributed by atoms with van der Waals surface area (Å²) in [5.74, 6) is -0.483. The Balaban J connectivity index is 3.28. The molecule has 0 bridgehead atoms. The second kappa shape index (κ2) is 6.41. The van der Waals surface area contributed by atoms with Gasteiger partial charge in [0.05, 0.1) is 11.2 Å². The average Bonchev–Trinajstić information content (AvgIpc) is 2.37. The van der Waals surface area contributed by atoms with E-state index in [1.807, 2.05) is 0 Å². The fourth-order valence-electron chi connectivity index (χ4n) is 2.06. The van der Waals surface area contributed by atoms with E-state index in [0.717, 1.165) is 5.56 Å². The molecule has 0 fully saturated rings. The van der Waals surface area contributed by atoms with Crippen molar-refractivity contribution < 1.29 is 15.0 Å². The number of carbonyl (C=O) groups excluding carboxylic acids is 1. The Hall–Kier alpha value is -1.65. The summed E-state index contributed by atoms with van der Waals surface area (Å²) in [7, 11) is 0. The lowest BCUT2D eigenvalue weighted by atomic mass is 9.92. The van der Waals surface area contributed by atoms with Gasteiger partial charge in [-0.3, -0.25) is 4.79 Å². The molecule has 0 aliphatic rings. The maximum Gasteiger partial charge on any atom is 0.166 e. The molecule has 1 rings (SSSR count). The second-order valence-electron chi connectivity index (χ2n) is 6.21. The maximum absolute atomic E-state index is 12.2. The number of aliphatic hydroxyl groups is 2. The van der Waals surface area contributed by atoms with Crippen molar-refractivity contribution in [2.24, 2.45) is 11.7 Å². The molecule has 0 aliphatic heterocycles. The topological polar surface area (TPSA) is 83.5 Å². The van der Waals surface area contributed by atoms with Gasteiger partial charge in [0.25, 0.3) is 0 Å². The van der Waals surface area contributed by atoms with E-state index in [9.17, 15) is 15.0 Å². The SMILES string of the molecule is CC(C)C(=O)/C(=C(/O)c1ccc(C(C)(C)O)cc1)C(C)N. The van der Waals surface area contributed by atoms with Gasteiger partial charge in [-0.25, -0.2) is 0 Å². The summed E-state index contributed by atoms with van der Waals surface area (Å²) in [5, 5.41) is 20.3. The minimum Gasteiger partial charge on any atom is -0.507 e. The van der Waals surface area contributed by atoms with Crippen LogP contribution in [0.25, 0.3) is 5.76 Å². The van der Waals surface area contributed by atoms with Gasteiger partial charge in [0.2, 0.25) is 0 Å². The number of hydrogen-bond donors (Lipinski definition) is 3. The molecule has 116 valence electrons. The zero-order valence-electron chi connectivity index (χ0n) is 13.3. The Kier molecular flexibility index (Phi) is 5.31. The van der Waals surface area contributed by atoms with Crippen LogP contribution in [-0.4, -0.2) is 22.0 Å². The zero-order chi connectivity index (χ0) is 16.4. The van der Waals surface area contributed by atoms with Crippen molar-refractivity contribution in [1.82, 2.24) is 0 Å². The minimum absolute atomic E-state index is 0.0917. The molecule has 0 aromatic heterocycles. The van der Waals surface area contributed by atoms with Crippen LogP contribution >= 0.6 is 0 Å². The number of benzene rings is 1. The molecular formula is C17H25NO3. The first-order valence-electron chi connectivity index (χ1n) is 7.12. The summed E-state index contributed by atoms with van der Waals surface area (Å²) in [5.41, 5.74) is 6.37. The summed E-state index contributed by atoms with van der Waals surface area (Å²) in [6, 6.07) is 6.26. The summed E-state index contributed by atoms with van der Waals surface area (Å²) in [6.45, 7) is 8.60. The van der Waals surface area contributed by atoms with Gasteiger partial charge in [0, 0.05) is 17.5 Å². The molecule has 1 atom stereocenters. The van der Waals surface area contributed by atoms with Crippen LogP contribution in [-0.2, 0) is 10.4 Å². The van der Waals surface area contributed by atoms with E-state index in [2.05, 4.69) is 0 Å². The summed E-state index contributed by atoms with van der Waals surface area (Å²) in [4.78, 5) is 12.2. The van der Waals surface area contributed by atoms with Crippen LogP contribution in [0.3, 0.4) is 0 Å². The second-order valence-corrected chi connectivity index (χ2v) is 6.21. The highest BCUT2D eigenvalue weighted by Gasteiger charge is 2.23. The molecule has 0 aliphatic carbocycles. The lowest BCUT2D eigenvalue weighted by Gasteiger charge is -2.19. The lowest BCUT2D eigenvalue weighted by Crippen LogP contribution is -2.28. The fraction of sp³-hybridized carbons (Fsp3) is 0.471. The van der Waals surface area contributed by atoms with Gasteiger partial charge in [-0.15, -0.1) is 0 Å². The highest BCUT2D eigenvalue weighted by Crippen LogP contribution is 2.25. The number of aliphatic hydroxyl groups excluding tert-OH is 1. The Morgan fingerprint density at radius 2 is 1.62 bits per heavy atom. The van der Waals surface area contributed by atoms with Gasteiger partial charge < -0.3 is 15.9 Å². The van der Waals surface area contributed by atoms with Crippen LogP contribution in [0.1, 0.15) is 45.7 Å². The summed E-state index contributed by atoms with van der Waals surface area (Å²) < 4.78 is 0. The molecule has 0 amide bonds. The summed E-state index contributed by atoms with van der Waals surface area (Å²) >= 11 is 0. The number of hydrogen-bond acceptors (Lipinski definition) is 4. The molecule has 0 spiro atoms. The van der Waals surface area contributed by atoms with Gasteiger partial charge in [-0.05, 0) is 26.3 Å². The first-order valence-corrected chi connectivity index (χ1v) is 7.12. The summed E-state index contributed by atoms with van der Waals surface area (Å²) in [6.07, 6.45) is 0. The molecule has 1 aromatic rings. The van der Waals surface area contributed by atoms with Crippen LogP contribution in [0.5, 0.6) is 0 Å². The van der Waals surface area contributed by atoms with Crippen molar-refractivity contribution >= 4 is 11.5 Å². The molecular weight excluding hydrogens is 266 g/mol. The quantitative estimate of drug-likeness (QED) is 0.575.